The van der Waals surface area contributed by atoms with Crippen molar-refractivity contribution >= 4 is 17.0 Å². The topological polar surface area (TPSA) is 116 Å². The highest BCUT2D eigenvalue weighted by Gasteiger charge is 2.30. The van der Waals surface area contributed by atoms with Gasteiger partial charge in [0.2, 0.25) is 0 Å². The van der Waals surface area contributed by atoms with Crippen LogP contribution in [0.4, 0.5) is 0 Å². The molecule has 176 valence electrons. The third kappa shape index (κ3) is 4.65. The molecule has 1 fully saturated rings. The molecule has 1 saturated carbocycles. The number of aliphatic hydroxyl groups excluding tert-OH is 1. The van der Waals surface area contributed by atoms with Crippen LogP contribution in [0.2, 0.25) is 0 Å². The fourth-order valence-corrected chi connectivity index (χ4v) is 4.48. The molecule has 0 aliphatic heterocycles. The van der Waals surface area contributed by atoms with Gasteiger partial charge >= 0.3 is 5.97 Å². The van der Waals surface area contributed by atoms with Crippen molar-refractivity contribution < 1.29 is 29.2 Å². The van der Waals surface area contributed by atoms with Crippen molar-refractivity contribution in [3.8, 4) is 11.5 Å². The molecule has 1 aromatic heterocycles. The highest BCUT2D eigenvalue weighted by Crippen LogP contribution is 2.35. The molecule has 0 radical (unpaired) electrons. The molecule has 2 unspecified atom stereocenters. The minimum absolute atomic E-state index is 0.0209. The number of fused-ring (bicyclic) bond motifs is 1. The third-order valence-electron chi connectivity index (χ3n) is 6.25. The first-order chi connectivity index (χ1) is 15.9. The first kappa shape index (κ1) is 23.0. The average Bonchev–Trinajstić information content (AvgIpc) is 3.48. The maximum absolute atomic E-state index is 11.8. The Labute approximate surface area is 191 Å². The van der Waals surface area contributed by atoms with Crippen LogP contribution in [0.25, 0.3) is 11.0 Å². The normalized spacial score (nSPS) is 16.1. The monoisotopic (exact) mass is 455 g/mol. The van der Waals surface area contributed by atoms with Gasteiger partial charge < -0.3 is 24.4 Å². The van der Waals surface area contributed by atoms with Crippen LogP contribution in [0.5, 0.6) is 11.5 Å². The number of benzene rings is 2. The lowest BCUT2D eigenvalue weighted by atomic mass is 10.0. The molecule has 0 amide bonds. The fraction of sp³-hybridized carbons (Fsp3) is 0.458. The molecule has 4 rings (SSSR count). The highest BCUT2D eigenvalue weighted by molar-refractivity contribution is 6.00. The Morgan fingerprint density at radius 3 is 2.45 bits per heavy atom. The predicted octanol–water partition coefficient (Wildman–Crippen LogP) is 3.52. The van der Waals surface area contributed by atoms with Crippen LogP contribution in [0.3, 0.4) is 0 Å². The summed E-state index contributed by atoms with van der Waals surface area (Å²) in [6, 6.07) is 8.41. The van der Waals surface area contributed by atoms with Crippen molar-refractivity contribution in [2.75, 3.05) is 14.2 Å². The number of hydrogen-bond acceptors (Lipinski definition) is 7. The molecule has 1 heterocycles. The summed E-state index contributed by atoms with van der Waals surface area (Å²) in [4.78, 5) is 11.8. The summed E-state index contributed by atoms with van der Waals surface area (Å²) in [6.45, 7) is 2.02. The number of aromatic nitrogens is 3. The lowest BCUT2D eigenvalue weighted by Gasteiger charge is -2.27. The molecular formula is C24H29N3O6. The van der Waals surface area contributed by atoms with E-state index in [9.17, 15) is 15.0 Å². The van der Waals surface area contributed by atoms with Crippen LogP contribution in [0.1, 0.15) is 53.3 Å². The van der Waals surface area contributed by atoms with E-state index >= 15 is 0 Å². The number of ether oxygens (including phenoxy) is 3. The summed E-state index contributed by atoms with van der Waals surface area (Å²) < 4.78 is 18.8. The molecular weight excluding hydrogens is 426 g/mol. The molecule has 2 aromatic carbocycles. The number of rotatable bonds is 9. The van der Waals surface area contributed by atoms with Crippen molar-refractivity contribution in [2.45, 2.75) is 57.5 Å². The summed E-state index contributed by atoms with van der Waals surface area (Å²) in [7, 11) is 3.14. The van der Waals surface area contributed by atoms with Crippen LogP contribution in [-0.2, 0) is 11.3 Å². The van der Waals surface area contributed by atoms with E-state index in [0.717, 1.165) is 31.2 Å². The van der Waals surface area contributed by atoms with Gasteiger partial charge in [0.15, 0.2) is 0 Å². The molecule has 9 heteroatoms. The van der Waals surface area contributed by atoms with E-state index in [0.29, 0.717) is 28.1 Å². The van der Waals surface area contributed by atoms with Crippen LogP contribution in [0, 0.1) is 6.92 Å². The first-order valence-electron chi connectivity index (χ1n) is 11.0. The van der Waals surface area contributed by atoms with Crippen LogP contribution >= 0.6 is 0 Å². The van der Waals surface area contributed by atoms with Gasteiger partial charge in [0.05, 0.1) is 32.4 Å². The van der Waals surface area contributed by atoms with Gasteiger partial charge in [-0.3, -0.25) is 0 Å². The Bertz CT molecular complexity index is 1110. The Morgan fingerprint density at radius 1 is 1.18 bits per heavy atom. The quantitative estimate of drug-likeness (QED) is 0.504. The van der Waals surface area contributed by atoms with E-state index < -0.39 is 18.2 Å². The number of carbonyl (C=O) groups is 1. The predicted molar refractivity (Wildman–Crippen MR) is 121 cm³/mol. The van der Waals surface area contributed by atoms with E-state index in [-0.39, 0.29) is 18.2 Å². The average molecular weight is 456 g/mol. The second-order valence-electron chi connectivity index (χ2n) is 8.33. The highest BCUT2D eigenvalue weighted by atomic mass is 16.5. The number of para-hydroxylation sites is 1. The molecule has 3 aromatic rings. The Hall–Kier alpha value is -3.17. The summed E-state index contributed by atoms with van der Waals surface area (Å²) in [5, 5.41) is 29.3. The number of aromatic carboxylic acids is 1. The minimum atomic E-state index is -1.06. The fourth-order valence-electron chi connectivity index (χ4n) is 4.48. The molecule has 1 aliphatic carbocycles. The molecule has 2 atom stereocenters. The van der Waals surface area contributed by atoms with Gasteiger partial charge in [0.25, 0.3) is 0 Å². The lowest BCUT2D eigenvalue weighted by Crippen LogP contribution is -2.32. The lowest BCUT2D eigenvalue weighted by molar-refractivity contribution is -0.0842. The molecule has 1 aliphatic rings. The van der Waals surface area contributed by atoms with Gasteiger partial charge in [0.1, 0.15) is 34.7 Å². The zero-order valence-electron chi connectivity index (χ0n) is 19.0. The van der Waals surface area contributed by atoms with Gasteiger partial charge in [0, 0.05) is 5.56 Å². The van der Waals surface area contributed by atoms with Gasteiger partial charge in [-0.2, -0.15) is 0 Å². The van der Waals surface area contributed by atoms with E-state index in [4.69, 9.17) is 14.2 Å². The van der Waals surface area contributed by atoms with Crippen molar-refractivity contribution in [2.24, 2.45) is 0 Å². The smallest absolute Gasteiger partial charge is 0.337 e. The van der Waals surface area contributed by atoms with Crippen LogP contribution in [0.15, 0.2) is 30.3 Å². The zero-order chi connectivity index (χ0) is 23.5. The number of aliphatic hydroxyl groups is 1. The summed E-state index contributed by atoms with van der Waals surface area (Å²) in [5.74, 6) is 0.135. The zero-order valence-corrected chi connectivity index (χ0v) is 19.0. The largest absolute Gasteiger partial charge is 0.496 e. The van der Waals surface area contributed by atoms with Crippen molar-refractivity contribution in [3.05, 3.63) is 47.0 Å². The summed E-state index contributed by atoms with van der Waals surface area (Å²) in [5.41, 5.74) is 2.39. The Kier molecular flexibility index (Phi) is 6.80. The maximum atomic E-state index is 11.8. The van der Waals surface area contributed by atoms with Crippen LogP contribution < -0.4 is 9.47 Å². The van der Waals surface area contributed by atoms with E-state index in [1.54, 1.807) is 38.5 Å². The molecule has 0 saturated heterocycles. The second kappa shape index (κ2) is 9.76. The SMILES string of the molecule is COc1cc(C(O)C(Cn2nnc3cccc(C(=O)O)c32)OC2CCCC2)cc(OC)c1C. The third-order valence-corrected chi connectivity index (χ3v) is 6.25. The molecule has 9 nitrogen and oxygen atoms in total. The Morgan fingerprint density at radius 2 is 1.85 bits per heavy atom. The van der Waals surface area contributed by atoms with E-state index in [1.165, 1.54) is 10.7 Å². The molecule has 0 bridgehead atoms. The Balaban J connectivity index is 1.72. The van der Waals surface area contributed by atoms with Gasteiger partial charge in [-0.25, -0.2) is 9.48 Å². The van der Waals surface area contributed by atoms with Crippen molar-refractivity contribution in [1.29, 1.82) is 0 Å². The minimum Gasteiger partial charge on any atom is -0.496 e. The van der Waals surface area contributed by atoms with E-state index in [2.05, 4.69) is 10.3 Å². The molecule has 0 spiro atoms. The molecule has 33 heavy (non-hydrogen) atoms. The van der Waals surface area contributed by atoms with Gasteiger partial charge in [-0.05, 0) is 49.6 Å². The van der Waals surface area contributed by atoms with E-state index in [1.807, 2.05) is 6.92 Å². The number of nitrogens with zero attached hydrogens (tertiary/aromatic N) is 3. The van der Waals surface area contributed by atoms with Crippen LogP contribution in [-0.4, -0.2) is 57.6 Å². The second-order valence-corrected chi connectivity index (χ2v) is 8.33. The van der Waals surface area contributed by atoms with Gasteiger partial charge in [-0.1, -0.05) is 24.1 Å². The first-order valence-corrected chi connectivity index (χ1v) is 11.0. The van der Waals surface area contributed by atoms with Crippen molar-refractivity contribution in [3.63, 3.8) is 0 Å². The number of carboxylic acid groups (broad SMARTS) is 1. The molecule has 2 N–H and O–H groups in total. The summed E-state index contributed by atoms with van der Waals surface area (Å²) in [6.07, 6.45) is 2.31. The van der Waals surface area contributed by atoms with Crippen molar-refractivity contribution in [1.82, 2.24) is 15.0 Å². The number of methoxy groups -OCH3 is 2. The maximum Gasteiger partial charge on any atom is 0.337 e. The standard InChI is InChI=1S/C24H29N3O6/c1-14-19(31-2)11-15(12-20(14)32-3)23(28)21(33-16-7-4-5-8-16)13-27-22-17(24(29)30)9-6-10-18(22)25-26-27/h6,9-12,16,21,23,28H,4-5,7-8,13H2,1-3H3,(H,29,30). The summed E-state index contributed by atoms with van der Waals surface area (Å²) >= 11 is 0. The number of carboxylic acids is 1. The van der Waals surface area contributed by atoms with Gasteiger partial charge in [-0.15, -0.1) is 5.10 Å². The number of hydrogen-bond donors (Lipinski definition) is 2.